The average Bonchev–Trinajstić information content (AvgIpc) is 3.26. The molecular formula is C19H23N5OS2. The number of rotatable bonds is 3. The second-order valence-electron chi connectivity index (χ2n) is 7.68. The van der Waals surface area contributed by atoms with E-state index in [0.29, 0.717) is 5.75 Å². The van der Waals surface area contributed by atoms with E-state index in [0.717, 1.165) is 60.3 Å². The molecule has 1 fully saturated rings. The zero-order chi connectivity index (χ0) is 18.4. The Morgan fingerprint density at radius 2 is 2.15 bits per heavy atom. The maximum Gasteiger partial charge on any atom is 0.233 e. The molecule has 0 saturated carbocycles. The van der Waals surface area contributed by atoms with Crippen molar-refractivity contribution in [1.29, 1.82) is 0 Å². The predicted octanol–water partition coefficient (Wildman–Crippen LogP) is 3.57. The van der Waals surface area contributed by atoms with Gasteiger partial charge in [-0.25, -0.2) is 4.98 Å². The molecule has 0 bridgehead atoms. The lowest BCUT2D eigenvalue weighted by Crippen LogP contribution is -2.36. The number of aromatic nitrogens is 4. The van der Waals surface area contributed by atoms with Crippen LogP contribution in [0.1, 0.15) is 43.0 Å². The van der Waals surface area contributed by atoms with Crippen molar-refractivity contribution in [1.82, 2.24) is 24.5 Å². The first-order chi connectivity index (χ1) is 13.2. The van der Waals surface area contributed by atoms with Gasteiger partial charge in [0.05, 0.1) is 11.1 Å². The number of fused-ring (bicyclic) bond motifs is 5. The van der Waals surface area contributed by atoms with Gasteiger partial charge in [-0.05, 0) is 50.0 Å². The third kappa shape index (κ3) is 3.12. The Morgan fingerprint density at radius 3 is 3.00 bits per heavy atom. The number of hydrogen-bond donors (Lipinski definition) is 0. The van der Waals surface area contributed by atoms with Crippen LogP contribution < -0.4 is 0 Å². The molecule has 3 aromatic rings. The minimum Gasteiger partial charge on any atom is -0.342 e. The number of thioether (sulfide) groups is 1. The second-order valence-corrected chi connectivity index (χ2v) is 9.71. The van der Waals surface area contributed by atoms with Crippen molar-refractivity contribution in [2.75, 3.05) is 18.8 Å². The third-order valence-corrected chi connectivity index (χ3v) is 7.80. The van der Waals surface area contributed by atoms with Crippen LogP contribution in [0.5, 0.6) is 0 Å². The fourth-order valence-electron chi connectivity index (χ4n) is 4.18. The summed E-state index contributed by atoms with van der Waals surface area (Å²) in [6, 6.07) is 0. The predicted molar refractivity (Wildman–Crippen MR) is 109 cm³/mol. The number of carbonyl (C=O) groups excluding carboxylic acids is 1. The second kappa shape index (κ2) is 7.05. The van der Waals surface area contributed by atoms with Crippen LogP contribution in [0, 0.1) is 5.92 Å². The van der Waals surface area contributed by atoms with Gasteiger partial charge in [0.1, 0.15) is 11.2 Å². The van der Waals surface area contributed by atoms with Crippen molar-refractivity contribution >= 4 is 44.9 Å². The van der Waals surface area contributed by atoms with E-state index in [1.807, 2.05) is 15.6 Å². The molecule has 0 unspecified atom stereocenters. The highest BCUT2D eigenvalue weighted by Gasteiger charge is 2.24. The fourth-order valence-corrected chi connectivity index (χ4v) is 6.33. The number of hydrogen-bond acceptors (Lipinski definition) is 6. The topological polar surface area (TPSA) is 63.4 Å². The molecule has 2 aliphatic rings. The zero-order valence-corrected chi connectivity index (χ0v) is 17.1. The Hall–Kier alpha value is -1.67. The number of piperidine rings is 1. The van der Waals surface area contributed by atoms with Gasteiger partial charge >= 0.3 is 0 Å². The summed E-state index contributed by atoms with van der Waals surface area (Å²) in [4.78, 5) is 21.6. The van der Waals surface area contributed by atoms with Gasteiger partial charge in [-0.1, -0.05) is 18.7 Å². The molecule has 1 atom stereocenters. The maximum absolute atomic E-state index is 12.5. The number of thiophene rings is 1. The first-order valence-electron chi connectivity index (χ1n) is 9.75. The van der Waals surface area contributed by atoms with E-state index >= 15 is 0 Å². The van der Waals surface area contributed by atoms with Crippen LogP contribution in [0.4, 0.5) is 0 Å². The Bertz CT molecular complexity index is 1000. The van der Waals surface area contributed by atoms with E-state index in [4.69, 9.17) is 0 Å². The normalized spacial score (nSPS) is 20.3. The third-order valence-electron chi connectivity index (χ3n) is 5.71. The quantitative estimate of drug-likeness (QED) is 0.628. The highest BCUT2D eigenvalue weighted by atomic mass is 32.2. The Morgan fingerprint density at radius 1 is 1.30 bits per heavy atom. The Balaban J connectivity index is 1.43. The summed E-state index contributed by atoms with van der Waals surface area (Å²) in [5.41, 5.74) is 2.31. The van der Waals surface area contributed by atoms with Crippen LogP contribution in [-0.4, -0.2) is 49.2 Å². The number of amides is 1. The lowest BCUT2D eigenvalue weighted by Gasteiger charge is -2.26. The van der Waals surface area contributed by atoms with Crippen LogP contribution in [-0.2, 0) is 17.6 Å². The standard InChI is InChI=1S/C19H23N5OS2/c1-12-5-6-13-14(9-12)27-18-16(13)17-21-22-19(24(17)11-20-18)26-10-15(25)23-7-3-2-4-8-23/h11-12H,2-10H2,1H3/t12-/m1/s1. The fraction of sp³-hybridized carbons (Fsp3) is 0.579. The molecule has 1 aliphatic carbocycles. The molecule has 4 heterocycles. The van der Waals surface area contributed by atoms with Crippen LogP contribution in [0.15, 0.2) is 11.5 Å². The lowest BCUT2D eigenvalue weighted by atomic mass is 9.89. The molecule has 6 nitrogen and oxygen atoms in total. The van der Waals surface area contributed by atoms with E-state index in [1.54, 1.807) is 11.3 Å². The molecule has 27 heavy (non-hydrogen) atoms. The minimum absolute atomic E-state index is 0.201. The van der Waals surface area contributed by atoms with Crippen LogP contribution >= 0.6 is 23.1 Å². The molecule has 142 valence electrons. The molecule has 0 spiro atoms. The first kappa shape index (κ1) is 17.4. The van der Waals surface area contributed by atoms with Crippen molar-refractivity contribution in [3.05, 3.63) is 16.8 Å². The van der Waals surface area contributed by atoms with E-state index in [2.05, 4.69) is 22.1 Å². The minimum atomic E-state index is 0.201. The highest BCUT2D eigenvalue weighted by Crippen LogP contribution is 2.39. The summed E-state index contributed by atoms with van der Waals surface area (Å²) >= 11 is 3.27. The number of nitrogens with zero attached hydrogens (tertiary/aromatic N) is 5. The molecule has 1 aliphatic heterocycles. The van der Waals surface area contributed by atoms with Crippen LogP contribution in [0.25, 0.3) is 15.9 Å². The molecule has 5 rings (SSSR count). The molecule has 1 amide bonds. The van der Waals surface area contributed by atoms with Gasteiger partial charge in [0, 0.05) is 18.0 Å². The van der Waals surface area contributed by atoms with Gasteiger partial charge in [0.25, 0.3) is 0 Å². The molecule has 0 aromatic carbocycles. The molecule has 8 heteroatoms. The molecule has 1 saturated heterocycles. The number of carbonyl (C=O) groups is 1. The van der Waals surface area contributed by atoms with E-state index in [1.165, 1.54) is 40.4 Å². The van der Waals surface area contributed by atoms with Crippen molar-refractivity contribution in [2.45, 2.75) is 50.6 Å². The van der Waals surface area contributed by atoms with Crippen LogP contribution in [0.2, 0.25) is 0 Å². The molecule has 3 aromatic heterocycles. The van der Waals surface area contributed by atoms with Gasteiger partial charge in [-0.3, -0.25) is 9.20 Å². The number of aryl methyl sites for hydroxylation is 1. The smallest absolute Gasteiger partial charge is 0.233 e. The van der Waals surface area contributed by atoms with E-state index in [-0.39, 0.29) is 5.91 Å². The monoisotopic (exact) mass is 401 g/mol. The summed E-state index contributed by atoms with van der Waals surface area (Å²) in [5, 5.41) is 10.8. The summed E-state index contributed by atoms with van der Waals surface area (Å²) in [6.45, 7) is 4.10. The summed E-state index contributed by atoms with van der Waals surface area (Å²) in [7, 11) is 0. The molecule has 0 N–H and O–H groups in total. The highest BCUT2D eigenvalue weighted by molar-refractivity contribution is 7.99. The van der Waals surface area contributed by atoms with Crippen molar-refractivity contribution in [3.63, 3.8) is 0 Å². The van der Waals surface area contributed by atoms with Gasteiger partial charge in [-0.15, -0.1) is 21.5 Å². The summed E-state index contributed by atoms with van der Waals surface area (Å²) in [6.07, 6.45) is 8.75. The summed E-state index contributed by atoms with van der Waals surface area (Å²) in [5.74, 6) is 1.36. The van der Waals surface area contributed by atoms with E-state index in [9.17, 15) is 4.79 Å². The van der Waals surface area contributed by atoms with Gasteiger partial charge in [-0.2, -0.15) is 0 Å². The average molecular weight is 402 g/mol. The largest absolute Gasteiger partial charge is 0.342 e. The Labute approximate surface area is 166 Å². The first-order valence-corrected chi connectivity index (χ1v) is 11.6. The zero-order valence-electron chi connectivity index (χ0n) is 15.5. The molecular weight excluding hydrogens is 378 g/mol. The lowest BCUT2D eigenvalue weighted by molar-refractivity contribution is -0.129. The van der Waals surface area contributed by atoms with Crippen molar-refractivity contribution in [3.8, 4) is 0 Å². The van der Waals surface area contributed by atoms with Gasteiger partial charge in [0.2, 0.25) is 5.91 Å². The van der Waals surface area contributed by atoms with Gasteiger partial charge in [0.15, 0.2) is 10.8 Å². The van der Waals surface area contributed by atoms with Crippen molar-refractivity contribution < 1.29 is 4.79 Å². The number of likely N-dealkylation sites (tertiary alicyclic amines) is 1. The Kier molecular flexibility index (Phi) is 4.55. The van der Waals surface area contributed by atoms with Crippen molar-refractivity contribution in [2.24, 2.45) is 5.92 Å². The maximum atomic E-state index is 12.5. The van der Waals surface area contributed by atoms with E-state index < -0.39 is 0 Å². The summed E-state index contributed by atoms with van der Waals surface area (Å²) < 4.78 is 1.96. The SMILES string of the molecule is C[C@@H]1CCc2c(sc3ncn4c(SCC(=O)N5CCCCC5)nnc4c23)C1. The van der Waals surface area contributed by atoms with Crippen LogP contribution in [0.3, 0.4) is 0 Å². The molecule has 0 radical (unpaired) electrons. The van der Waals surface area contributed by atoms with Gasteiger partial charge < -0.3 is 4.90 Å².